The van der Waals surface area contributed by atoms with Gasteiger partial charge in [0.05, 0.1) is 12.2 Å². The summed E-state index contributed by atoms with van der Waals surface area (Å²) in [6.07, 6.45) is 2.28. The Balaban J connectivity index is 1.51. The molecule has 1 amide bonds. The Hall–Kier alpha value is -2.30. The van der Waals surface area contributed by atoms with Gasteiger partial charge in [-0.1, -0.05) is 18.2 Å². The van der Waals surface area contributed by atoms with Gasteiger partial charge in [-0.3, -0.25) is 9.48 Å². The number of aryl methyl sites for hydroxylation is 2. The van der Waals surface area contributed by atoms with E-state index in [0.29, 0.717) is 13.0 Å². The molecule has 1 aromatic heterocycles. The van der Waals surface area contributed by atoms with E-state index in [-0.39, 0.29) is 12.0 Å². The molecule has 1 fully saturated rings. The number of amides is 1. The van der Waals surface area contributed by atoms with Gasteiger partial charge < -0.3 is 9.64 Å². The maximum absolute atomic E-state index is 12.5. The summed E-state index contributed by atoms with van der Waals surface area (Å²) < 4.78 is 7.84. The highest BCUT2D eigenvalue weighted by Crippen LogP contribution is 2.20. The molecule has 0 bridgehead atoms. The monoisotopic (exact) mass is 327 g/mol. The molecule has 1 aliphatic heterocycles. The van der Waals surface area contributed by atoms with Crippen LogP contribution in [0.5, 0.6) is 5.75 Å². The summed E-state index contributed by atoms with van der Waals surface area (Å²) in [5.41, 5.74) is 3.36. The maximum Gasteiger partial charge on any atom is 0.223 e. The standard InChI is InChI=1S/C19H25N3O2/c1-14-18(15(2)21(3)20-14)9-10-19(23)22-12-11-17(13-22)24-16-7-5-4-6-8-16/h4-8,17H,9-13H2,1-3H3/t17-/m0/s1. The largest absolute Gasteiger partial charge is 0.489 e. The van der Waals surface area contributed by atoms with Crippen molar-refractivity contribution in [3.63, 3.8) is 0 Å². The fourth-order valence-corrected chi connectivity index (χ4v) is 3.31. The molecule has 0 radical (unpaired) electrons. The summed E-state index contributed by atoms with van der Waals surface area (Å²) in [5, 5.41) is 4.42. The van der Waals surface area contributed by atoms with Crippen LogP contribution in [0.2, 0.25) is 0 Å². The number of likely N-dealkylation sites (tertiary alicyclic amines) is 1. The van der Waals surface area contributed by atoms with Gasteiger partial charge in [-0.25, -0.2) is 0 Å². The van der Waals surface area contributed by atoms with E-state index in [1.807, 2.05) is 53.9 Å². The second-order valence-electron chi connectivity index (χ2n) is 6.45. The SMILES string of the molecule is Cc1nn(C)c(C)c1CCC(=O)N1CC[C@H](Oc2ccccc2)C1. The number of carbonyl (C=O) groups is 1. The van der Waals surface area contributed by atoms with Gasteiger partial charge in [0.15, 0.2) is 0 Å². The molecule has 0 saturated carbocycles. The molecule has 0 spiro atoms. The lowest BCUT2D eigenvalue weighted by Crippen LogP contribution is -2.31. The molecule has 0 unspecified atom stereocenters. The van der Waals surface area contributed by atoms with Gasteiger partial charge in [-0.05, 0) is 38.0 Å². The molecule has 24 heavy (non-hydrogen) atoms. The fraction of sp³-hybridized carbons (Fsp3) is 0.474. The van der Waals surface area contributed by atoms with Crippen molar-refractivity contribution < 1.29 is 9.53 Å². The van der Waals surface area contributed by atoms with Crippen molar-refractivity contribution >= 4 is 5.91 Å². The van der Waals surface area contributed by atoms with Gasteiger partial charge in [-0.2, -0.15) is 5.10 Å². The first kappa shape index (κ1) is 16.6. The molecule has 2 heterocycles. The van der Waals surface area contributed by atoms with E-state index in [4.69, 9.17) is 4.74 Å². The number of aromatic nitrogens is 2. The van der Waals surface area contributed by atoms with Crippen LogP contribution < -0.4 is 4.74 Å². The van der Waals surface area contributed by atoms with Crippen LogP contribution in [-0.2, 0) is 18.3 Å². The molecule has 1 saturated heterocycles. The zero-order chi connectivity index (χ0) is 17.1. The summed E-state index contributed by atoms with van der Waals surface area (Å²) in [7, 11) is 1.94. The summed E-state index contributed by atoms with van der Waals surface area (Å²) in [6.45, 7) is 5.52. The van der Waals surface area contributed by atoms with E-state index in [1.54, 1.807) is 0 Å². The van der Waals surface area contributed by atoms with Crippen molar-refractivity contribution in [2.24, 2.45) is 7.05 Å². The third-order valence-electron chi connectivity index (χ3n) is 4.79. The molecule has 128 valence electrons. The molecule has 1 aromatic carbocycles. The number of ether oxygens (including phenoxy) is 1. The van der Waals surface area contributed by atoms with Crippen molar-refractivity contribution in [3.05, 3.63) is 47.3 Å². The minimum Gasteiger partial charge on any atom is -0.489 e. The van der Waals surface area contributed by atoms with Gasteiger partial charge in [-0.15, -0.1) is 0 Å². The van der Waals surface area contributed by atoms with Crippen LogP contribution in [0.4, 0.5) is 0 Å². The summed E-state index contributed by atoms with van der Waals surface area (Å²) in [4.78, 5) is 14.4. The number of hydrogen-bond donors (Lipinski definition) is 0. The Morgan fingerprint density at radius 1 is 1.29 bits per heavy atom. The lowest BCUT2D eigenvalue weighted by Gasteiger charge is -2.17. The molecule has 5 nitrogen and oxygen atoms in total. The molecule has 1 aliphatic rings. The van der Waals surface area contributed by atoms with E-state index >= 15 is 0 Å². The minimum absolute atomic E-state index is 0.0956. The zero-order valence-electron chi connectivity index (χ0n) is 14.7. The topological polar surface area (TPSA) is 47.4 Å². The fourth-order valence-electron chi connectivity index (χ4n) is 3.31. The first-order valence-corrected chi connectivity index (χ1v) is 8.53. The number of benzene rings is 1. The number of hydrogen-bond acceptors (Lipinski definition) is 3. The number of para-hydroxylation sites is 1. The highest BCUT2D eigenvalue weighted by atomic mass is 16.5. The molecular weight excluding hydrogens is 302 g/mol. The smallest absolute Gasteiger partial charge is 0.223 e. The maximum atomic E-state index is 12.5. The number of carbonyl (C=O) groups excluding carboxylic acids is 1. The van der Waals surface area contributed by atoms with Crippen LogP contribution in [0.15, 0.2) is 30.3 Å². The molecule has 0 aliphatic carbocycles. The molecule has 0 N–H and O–H groups in total. The van der Waals surface area contributed by atoms with Gasteiger partial charge in [0.2, 0.25) is 5.91 Å². The van der Waals surface area contributed by atoms with Crippen LogP contribution in [-0.4, -0.2) is 39.8 Å². The molecule has 2 aromatic rings. The van der Waals surface area contributed by atoms with Crippen molar-refractivity contribution in [3.8, 4) is 5.75 Å². The third kappa shape index (κ3) is 3.61. The van der Waals surface area contributed by atoms with Crippen molar-refractivity contribution in [2.45, 2.75) is 39.2 Å². The van der Waals surface area contributed by atoms with E-state index in [2.05, 4.69) is 12.0 Å². The lowest BCUT2D eigenvalue weighted by molar-refractivity contribution is -0.130. The Morgan fingerprint density at radius 2 is 2.04 bits per heavy atom. The quantitative estimate of drug-likeness (QED) is 0.848. The normalized spacial score (nSPS) is 17.3. The summed E-state index contributed by atoms with van der Waals surface area (Å²) >= 11 is 0. The molecule has 3 rings (SSSR count). The van der Waals surface area contributed by atoms with E-state index in [9.17, 15) is 4.79 Å². The molecular formula is C19H25N3O2. The van der Waals surface area contributed by atoms with Crippen LogP contribution in [0.1, 0.15) is 29.8 Å². The average molecular weight is 327 g/mol. The average Bonchev–Trinajstić information content (AvgIpc) is 3.12. The zero-order valence-corrected chi connectivity index (χ0v) is 14.7. The van der Waals surface area contributed by atoms with Crippen LogP contribution in [0.3, 0.4) is 0 Å². The minimum atomic E-state index is 0.0956. The highest BCUT2D eigenvalue weighted by Gasteiger charge is 2.27. The summed E-state index contributed by atoms with van der Waals surface area (Å²) in [5.74, 6) is 1.08. The van der Waals surface area contributed by atoms with Gasteiger partial charge in [0.25, 0.3) is 0 Å². The number of rotatable bonds is 5. The predicted molar refractivity (Wildman–Crippen MR) is 93.1 cm³/mol. The second-order valence-corrected chi connectivity index (χ2v) is 6.45. The van der Waals surface area contributed by atoms with Crippen LogP contribution in [0.25, 0.3) is 0 Å². The highest BCUT2D eigenvalue weighted by molar-refractivity contribution is 5.76. The van der Waals surface area contributed by atoms with Crippen molar-refractivity contribution in [1.82, 2.24) is 14.7 Å². The van der Waals surface area contributed by atoms with Crippen molar-refractivity contribution in [1.29, 1.82) is 0 Å². The Bertz CT molecular complexity index is 709. The Labute approximate surface area is 143 Å². The van der Waals surface area contributed by atoms with E-state index in [0.717, 1.165) is 36.5 Å². The lowest BCUT2D eigenvalue weighted by atomic mass is 10.1. The Kier molecular flexibility index (Phi) is 4.88. The second kappa shape index (κ2) is 7.07. The van der Waals surface area contributed by atoms with Crippen LogP contribution >= 0.6 is 0 Å². The van der Waals surface area contributed by atoms with E-state index < -0.39 is 0 Å². The number of nitrogens with zero attached hydrogens (tertiary/aromatic N) is 3. The van der Waals surface area contributed by atoms with Gasteiger partial charge >= 0.3 is 0 Å². The van der Waals surface area contributed by atoms with Gasteiger partial charge in [0, 0.05) is 32.1 Å². The predicted octanol–water partition coefficient (Wildman–Crippen LogP) is 2.65. The molecule has 1 atom stereocenters. The van der Waals surface area contributed by atoms with Crippen LogP contribution in [0, 0.1) is 13.8 Å². The van der Waals surface area contributed by atoms with Gasteiger partial charge in [0.1, 0.15) is 11.9 Å². The third-order valence-corrected chi connectivity index (χ3v) is 4.79. The summed E-state index contributed by atoms with van der Waals surface area (Å²) in [6, 6.07) is 9.81. The first-order valence-electron chi connectivity index (χ1n) is 8.53. The Morgan fingerprint density at radius 3 is 2.71 bits per heavy atom. The van der Waals surface area contributed by atoms with E-state index in [1.165, 1.54) is 5.56 Å². The first-order chi connectivity index (χ1) is 11.5. The van der Waals surface area contributed by atoms with Crippen molar-refractivity contribution in [2.75, 3.05) is 13.1 Å². The molecule has 5 heteroatoms.